The maximum atomic E-state index is 13.9. The largest absolute Gasteiger partial charge is 0.507 e. The van der Waals surface area contributed by atoms with Crippen molar-refractivity contribution in [2.75, 3.05) is 13.2 Å². The van der Waals surface area contributed by atoms with Crippen molar-refractivity contribution in [2.45, 2.75) is 24.9 Å². The van der Waals surface area contributed by atoms with Crippen LogP contribution < -0.4 is 0 Å². The van der Waals surface area contributed by atoms with Crippen LogP contribution in [0.15, 0.2) is 42.5 Å². The number of rotatable bonds is 3. The molecule has 6 nitrogen and oxygen atoms in total. The molecular formula is C22H19ClFN3O3. The van der Waals surface area contributed by atoms with Crippen molar-refractivity contribution < 1.29 is 19.0 Å². The number of nitrogens with zero attached hydrogens (tertiary/aromatic N) is 2. The van der Waals surface area contributed by atoms with E-state index < -0.39 is 11.9 Å². The molecular weight excluding hydrogens is 409 g/mol. The number of hydrogen-bond acceptors (Lipinski definition) is 4. The van der Waals surface area contributed by atoms with Gasteiger partial charge in [0.2, 0.25) is 0 Å². The Balaban J connectivity index is 1.69. The van der Waals surface area contributed by atoms with Gasteiger partial charge in [0, 0.05) is 35.4 Å². The molecule has 5 rings (SSSR count). The van der Waals surface area contributed by atoms with Gasteiger partial charge in [-0.2, -0.15) is 5.10 Å². The Labute approximate surface area is 177 Å². The number of carbonyl (C=O) groups excluding carboxylic acids is 1. The van der Waals surface area contributed by atoms with Crippen LogP contribution in [-0.4, -0.2) is 45.4 Å². The molecule has 3 heterocycles. The van der Waals surface area contributed by atoms with Crippen LogP contribution in [-0.2, 0) is 4.74 Å². The standard InChI is InChI=1S/C22H19ClFN3O3/c23-13-3-1-12(2-4-13)21-18-19(16-11-14(24)5-6-17(16)28)25-26-20(18)22(29)27(21)15-7-9-30-10-8-15/h1-6,11,15,21,28H,7-10H2,(H,25,26)/t21-/m0/s1. The van der Waals surface area contributed by atoms with Gasteiger partial charge >= 0.3 is 0 Å². The summed E-state index contributed by atoms with van der Waals surface area (Å²) in [5.74, 6) is -0.760. The molecule has 8 heteroatoms. The van der Waals surface area contributed by atoms with E-state index in [1.807, 2.05) is 17.0 Å². The first-order valence-corrected chi connectivity index (χ1v) is 10.2. The van der Waals surface area contributed by atoms with Crippen LogP contribution in [0.25, 0.3) is 11.3 Å². The highest BCUT2D eigenvalue weighted by Gasteiger charge is 2.46. The minimum Gasteiger partial charge on any atom is -0.507 e. The number of phenols is 1. The molecule has 1 aromatic heterocycles. The Kier molecular flexibility index (Phi) is 4.72. The first kappa shape index (κ1) is 19.1. The first-order valence-electron chi connectivity index (χ1n) is 9.77. The minimum atomic E-state index is -0.486. The fraction of sp³-hybridized carbons (Fsp3) is 0.273. The number of nitrogens with one attached hydrogen (secondary N) is 1. The number of halogens is 2. The summed E-state index contributed by atoms with van der Waals surface area (Å²) in [6.45, 7) is 1.17. The molecule has 2 aliphatic heterocycles. The normalized spacial score (nSPS) is 19.3. The molecule has 1 fully saturated rings. The van der Waals surface area contributed by atoms with E-state index in [4.69, 9.17) is 16.3 Å². The first-order chi connectivity index (χ1) is 14.5. The average Bonchev–Trinajstić information content (AvgIpc) is 3.30. The monoisotopic (exact) mass is 427 g/mol. The van der Waals surface area contributed by atoms with Crippen LogP contribution in [0.5, 0.6) is 5.75 Å². The second kappa shape index (κ2) is 7.41. The van der Waals surface area contributed by atoms with Gasteiger partial charge in [-0.05, 0) is 48.7 Å². The highest BCUT2D eigenvalue weighted by Crippen LogP contribution is 2.46. The number of ether oxygens (including phenoxy) is 1. The van der Waals surface area contributed by atoms with Gasteiger partial charge < -0.3 is 14.7 Å². The quantitative estimate of drug-likeness (QED) is 0.653. The molecule has 2 aromatic carbocycles. The van der Waals surface area contributed by atoms with Crippen molar-refractivity contribution in [1.29, 1.82) is 0 Å². The third kappa shape index (κ3) is 3.05. The molecule has 0 radical (unpaired) electrons. The molecule has 0 spiro atoms. The summed E-state index contributed by atoms with van der Waals surface area (Å²) in [6, 6.07) is 10.6. The van der Waals surface area contributed by atoms with Crippen molar-refractivity contribution in [3.63, 3.8) is 0 Å². The van der Waals surface area contributed by atoms with Gasteiger partial charge in [-0.25, -0.2) is 4.39 Å². The summed E-state index contributed by atoms with van der Waals surface area (Å²) in [5, 5.41) is 18.1. The van der Waals surface area contributed by atoms with Crippen molar-refractivity contribution in [2.24, 2.45) is 0 Å². The third-order valence-electron chi connectivity index (χ3n) is 5.79. The summed E-state index contributed by atoms with van der Waals surface area (Å²) in [6.07, 6.45) is 1.45. The van der Waals surface area contributed by atoms with E-state index in [0.29, 0.717) is 35.2 Å². The highest BCUT2D eigenvalue weighted by molar-refractivity contribution is 6.30. The summed E-state index contributed by atoms with van der Waals surface area (Å²) in [4.78, 5) is 15.2. The number of H-pyrrole nitrogens is 1. The lowest BCUT2D eigenvalue weighted by molar-refractivity contribution is 0.0246. The van der Waals surface area contributed by atoms with Crippen molar-refractivity contribution in [3.8, 4) is 17.0 Å². The maximum Gasteiger partial charge on any atom is 0.275 e. The number of phenolic OH excluding ortho intramolecular Hbond substituents is 1. The number of aromatic hydroxyl groups is 1. The van der Waals surface area contributed by atoms with Gasteiger partial charge in [0.05, 0.1) is 11.7 Å². The molecule has 0 bridgehead atoms. The third-order valence-corrected chi connectivity index (χ3v) is 6.04. The molecule has 154 valence electrons. The van der Waals surface area contributed by atoms with E-state index in [9.17, 15) is 14.3 Å². The molecule has 1 saturated heterocycles. The van der Waals surface area contributed by atoms with Crippen LogP contribution in [0.1, 0.15) is 40.5 Å². The highest BCUT2D eigenvalue weighted by atomic mass is 35.5. The summed E-state index contributed by atoms with van der Waals surface area (Å²) in [7, 11) is 0. The number of carbonyl (C=O) groups is 1. The lowest BCUT2D eigenvalue weighted by Crippen LogP contribution is -2.42. The van der Waals surface area contributed by atoms with Crippen LogP contribution in [0.3, 0.4) is 0 Å². The zero-order valence-electron chi connectivity index (χ0n) is 15.9. The van der Waals surface area contributed by atoms with Crippen LogP contribution in [0, 0.1) is 5.82 Å². The van der Waals surface area contributed by atoms with Gasteiger partial charge in [-0.1, -0.05) is 23.7 Å². The molecule has 2 N–H and O–H groups in total. The fourth-order valence-electron chi connectivity index (χ4n) is 4.38. The van der Waals surface area contributed by atoms with Crippen molar-refractivity contribution in [1.82, 2.24) is 15.1 Å². The lowest BCUT2D eigenvalue weighted by atomic mass is 9.94. The predicted octanol–water partition coefficient (Wildman–Crippen LogP) is 4.30. The molecule has 1 amide bonds. The second-order valence-electron chi connectivity index (χ2n) is 7.53. The van der Waals surface area contributed by atoms with E-state index >= 15 is 0 Å². The van der Waals surface area contributed by atoms with Gasteiger partial charge in [0.25, 0.3) is 5.91 Å². The zero-order valence-corrected chi connectivity index (χ0v) is 16.7. The Morgan fingerprint density at radius 2 is 1.90 bits per heavy atom. The Bertz CT molecular complexity index is 1110. The molecule has 2 aliphatic rings. The number of fused-ring (bicyclic) bond motifs is 1. The van der Waals surface area contributed by atoms with Gasteiger partial charge in [-0.15, -0.1) is 0 Å². The van der Waals surface area contributed by atoms with E-state index in [1.165, 1.54) is 18.2 Å². The number of aromatic amines is 1. The van der Waals surface area contributed by atoms with Crippen LogP contribution in [0.4, 0.5) is 4.39 Å². The van der Waals surface area contributed by atoms with Gasteiger partial charge in [-0.3, -0.25) is 9.89 Å². The molecule has 3 aromatic rings. The Hall–Kier alpha value is -2.90. The fourth-order valence-corrected chi connectivity index (χ4v) is 4.51. The van der Waals surface area contributed by atoms with E-state index in [1.54, 1.807) is 12.1 Å². The smallest absolute Gasteiger partial charge is 0.275 e. The van der Waals surface area contributed by atoms with E-state index in [2.05, 4.69) is 10.2 Å². The molecule has 30 heavy (non-hydrogen) atoms. The van der Waals surface area contributed by atoms with Gasteiger partial charge in [0.1, 0.15) is 11.6 Å². The number of aromatic nitrogens is 2. The summed E-state index contributed by atoms with van der Waals surface area (Å²) in [5.41, 5.74) is 2.50. The van der Waals surface area contributed by atoms with Crippen molar-refractivity contribution >= 4 is 17.5 Å². The lowest BCUT2D eigenvalue weighted by Gasteiger charge is -2.36. The molecule has 0 aliphatic carbocycles. The summed E-state index contributed by atoms with van der Waals surface area (Å²) >= 11 is 6.09. The number of hydrogen-bond donors (Lipinski definition) is 2. The van der Waals surface area contributed by atoms with E-state index in [0.717, 1.165) is 18.4 Å². The molecule has 1 atom stereocenters. The average molecular weight is 428 g/mol. The number of amides is 1. The van der Waals surface area contributed by atoms with E-state index in [-0.39, 0.29) is 23.3 Å². The summed E-state index contributed by atoms with van der Waals surface area (Å²) < 4.78 is 19.4. The van der Waals surface area contributed by atoms with Crippen molar-refractivity contribution in [3.05, 3.63) is 70.1 Å². The van der Waals surface area contributed by atoms with Crippen LogP contribution in [0.2, 0.25) is 5.02 Å². The topological polar surface area (TPSA) is 78.5 Å². The minimum absolute atomic E-state index is 0.00455. The molecule has 0 unspecified atom stereocenters. The van der Waals surface area contributed by atoms with Crippen LogP contribution >= 0.6 is 11.6 Å². The predicted molar refractivity (Wildman–Crippen MR) is 109 cm³/mol. The number of benzene rings is 2. The van der Waals surface area contributed by atoms with Gasteiger partial charge in [0.15, 0.2) is 5.69 Å². The SMILES string of the molecule is O=C1c2n[nH]c(-c3cc(F)ccc3O)c2[C@H](c2ccc(Cl)cc2)N1C1CCOCC1. The maximum absolute atomic E-state index is 13.9. The Morgan fingerprint density at radius 1 is 1.17 bits per heavy atom. The zero-order chi connectivity index (χ0) is 20.8. The second-order valence-corrected chi connectivity index (χ2v) is 7.97. The molecule has 0 saturated carbocycles. The Morgan fingerprint density at radius 3 is 2.63 bits per heavy atom.